The summed E-state index contributed by atoms with van der Waals surface area (Å²) in [6, 6.07) is 1.19. The average molecular weight is 419 g/mol. The molecule has 1 aliphatic heterocycles. The molecule has 1 aromatic rings. The largest absolute Gasteiger partial charge is 0.462 e. The van der Waals surface area contributed by atoms with Gasteiger partial charge in [-0.25, -0.2) is 13.6 Å². The molecule has 0 amide bonds. The minimum Gasteiger partial charge on any atom is -0.462 e. The summed E-state index contributed by atoms with van der Waals surface area (Å²) < 4.78 is 49.1. The zero-order valence-electron chi connectivity index (χ0n) is 15.7. The van der Waals surface area contributed by atoms with E-state index in [2.05, 4.69) is 4.98 Å². The fraction of sp³-hybridized carbons (Fsp3) is 0.562. The molecule has 1 aliphatic rings. The zero-order valence-corrected chi connectivity index (χ0v) is 15.7. The molecule has 0 radical (unpaired) electrons. The monoisotopic (exact) mass is 419 g/mol. The van der Waals surface area contributed by atoms with Gasteiger partial charge < -0.3 is 24.7 Å². The van der Waals surface area contributed by atoms with E-state index < -0.39 is 60.7 Å². The molecule has 0 unspecified atom stereocenters. The number of esters is 3. The summed E-state index contributed by atoms with van der Waals surface area (Å²) >= 11 is 0. The van der Waals surface area contributed by atoms with Crippen LogP contribution in [-0.2, 0) is 33.3 Å². The maximum absolute atomic E-state index is 14.1. The lowest BCUT2D eigenvalue weighted by molar-refractivity contribution is -0.212. The molecule has 160 valence electrons. The van der Waals surface area contributed by atoms with Gasteiger partial charge >= 0.3 is 23.6 Å². The minimum absolute atomic E-state index is 0.148. The number of carbonyl (C=O) groups excluding carboxylic acids is 3. The Morgan fingerprint density at radius 3 is 2.34 bits per heavy atom. The molecule has 0 aromatic carbocycles. The second-order valence-electron chi connectivity index (χ2n) is 6.19. The Balaban J connectivity index is 2.63. The Bertz CT molecular complexity index is 861. The number of carbonyl (C=O) groups is 3. The van der Waals surface area contributed by atoms with Crippen LogP contribution in [0.5, 0.6) is 0 Å². The van der Waals surface area contributed by atoms with Gasteiger partial charge in [0.15, 0.2) is 18.4 Å². The Labute approximate surface area is 162 Å². The van der Waals surface area contributed by atoms with Gasteiger partial charge in [0.2, 0.25) is 5.60 Å². The van der Waals surface area contributed by atoms with E-state index in [0.29, 0.717) is 0 Å². The Kier molecular flexibility index (Phi) is 6.51. The SMILES string of the molecule is CC(=O)OC[C@@]1(C(F)F)O[C@@H](n2ccc(N)nc2=O)[C@H](OC(C)=O)[C@@H]1OC(C)=O. The molecular formula is C16H19F2N3O8. The lowest BCUT2D eigenvalue weighted by Crippen LogP contribution is -2.55. The van der Waals surface area contributed by atoms with Crippen LogP contribution in [0.2, 0.25) is 0 Å². The number of hydrogen-bond acceptors (Lipinski definition) is 10. The highest BCUT2D eigenvalue weighted by molar-refractivity contribution is 5.68. The van der Waals surface area contributed by atoms with Gasteiger partial charge in [-0.2, -0.15) is 4.98 Å². The molecule has 2 heterocycles. The summed E-state index contributed by atoms with van der Waals surface area (Å²) in [6.07, 6.45) is -7.54. The Hall–Kier alpha value is -3.09. The van der Waals surface area contributed by atoms with E-state index in [1.165, 1.54) is 6.07 Å². The number of hydrogen-bond donors (Lipinski definition) is 1. The zero-order chi connectivity index (χ0) is 21.9. The van der Waals surface area contributed by atoms with Gasteiger partial charge in [-0.15, -0.1) is 0 Å². The third-order valence-corrected chi connectivity index (χ3v) is 3.99. The van der Waals surface area contributed by atoms with Crippen LogP contribution >= 0.6 is 0 Å². The van der Waals surface area contributed by atoms with Crippen molar-refractivity contribution >= 4 is 23.7 Å². The molecular weight excluding hydrogens is 400 g/mol. The Morgan fingerprint density at radius 1 is 1.24 bits per heavy atom. The number of nitrogens with two attached hydrogens (primary N) is 1. The predicted octanol–water partition coefficient (Wildman–Crippen LogP) is -0.215. The first kappa shape index (κ1) is 22.2. The molecule has 0 aliphatic carbocycles. The number of ether oxygens (including phenoxy) is 4. The summed E-state index contributed by atoms with van der Waals surface area (Å²) in [7, 11) is 0. The fourth-order valence-corrected chi connectivity index (χ4v) is 2.85. The van der Waals surface area contributed by atoms with Crippen LogP contribution in [0.3, 0.4) is 0 Å². The fourth-order valence-electron chi connectivity index (χ4n) is 2.85. The summed E-state index contributed by atoms with van der Waals surface area (Å²) in [5.41, 5.74) is 1.71. The lowest BCUT2D eigenvalue weighted by Gasteiger charge is -2.32. The molecule has 0 spiro atoms. The highest BCUT2D eigenvalue weighted by Gasteiger charge is 2.65. The van der Waals surface area contributed by atoms with Crippen molar-refractivity contribution in [2.75, 3.05) is 12.3 Å². The van der Waals surface area contributed by atoms with Crippen LogP contribution in [-0.4, -0.2) is 58.3 Å². The molecule has 4 atom stereocenters. The van der Waals surface area contributed by atoms with E-state index in [-0.39, 0.29) is 5.82 Å². The first-order valence-electron chi connectivity index (χ1n) is 8.26. The normalized spacial score (nSPS) is 26.2. The summed E-state index contributed by atoms with van der Waals surface area (Å²) in [5, 5.41) is 0. The van der Waals surface area contributed by atoms with Crippen molar-refractivity contribution in [2.45, 2.75) is 51.2 Å². The smallest absolute Gasteiger partial charge is 0.351 e. The van der Waals surface area contributed by atoms with E-state index in [4.69, 9.17) is 24.7 Å². The van der Waals surface area contributed by atoms with Gasteiger partial charge in [-0.05, 0) is 6.07 Å². The standard InChI is InChI=1S/C16H19F2N3O8/c1-7(22)26-6-16(14(17)18)12(28-9(3)24)11(27-8(2)23)13(29-16)21-5-4-10(19)20-15(21)25/h4-5,11-14H,6H2,1-3H3,(H2,19,20,25)/t11-,12+,13-,16-/m1/s1. The van der Waals surface area contributed by atoms with E-state index >= 15 is 0 Å². The van der Waals surface area contributed by atoms with Crippen molar-refractivity contribution in [3.8, 4) is 0 Å². The highest BCUT2D eigenvalue weighted by Crippen LogP contribution is 2.44. The van der Waals surface area contributed by atoms with Crippen molar-refractivity contribution in [2.24, 2.45) is 0 Å². The number of rotatable bonds is 6. The van der Waals surface area contributed by atoms with E-state index in [0.717, 1.165) is 31.5 Å². The highest BCUT2D eigenvalue weighted by atomic mass is 19.3. The van der Waals surface area contributed by atoms with Crippen molar-refractivity contribution in [1.29, 1.82) is 0 Å². The van der Waals surface area contributed by atoms with Crippen LogP contribution in [0.4, 0.5) is 14.6 Å². The molecule has 1 fully saturated rings. The quantitative estimate of drug-likeness (QED) is 0.484. The molecule has 29 heavy (non-hydrogen) atoms. The van der Waals surface area contributed by atoms with Crippen molar-refractivity contribution in [3.63, 3.8) is 0 Å². The first-order chi connectivity index (χ1) is 13.5. The van der Waals surface area contributed by atoms with E-state index in [9.17, 15) is 28.0 Å². The average Bonchev–Trinajstić information content (AvgIpc) is 2.87. The molecule has 0 bridgehead atoms. The molecule has 0 saturated carbocycles. The maximum Gasteiger partial charge on any atom is 0.351 e. The van der Waals surface area contributed by atoms with Crippen molar-refractivity contribution in [1.82, 2.24) is 9.55 Å². The number of aromatic nitrogens is 2. The van der Waals surface area contributed by atoms with Gasteiger partial charge in [0.1, 0.15) is 12.4 Å². The second-order valence-corrected chi connectivity index (χ2v) is 6.19. The Morgan fingerprint density at radius 2 is 1.86 bits per heavy atom. The molecule has 13 heteroatoms. The van der Waals surface area contributed by atoms with Crippen LogP contribution in [0.1, 0.15) is 27.0 Å². The van der Waals surface area contributed by atoms with Gasteiger partial charge in [0.05, 0.1) is 0 Å². The van der Waals surface area contributed by atoms with Gasteiger partial charge in [0.25, 0.3) is 6.43 Å². The number of nitrogen functional groups attached to an aromatic ring is 1. The molecule has 11 nitrogen and oxygen atoms in total. The number of nitrogens with zero attached hydrogens (tertiary/aromatic N) is 2. The van der Waals surface area contributed by atoms with Crippen LogP contribution < -0.4 is 11.4 Å². The van der Waals surface area contributed by atoms with Crippen LogP contribution in [0, 0.1) is 0 Å². The van der Waals surface area contributed by atoms with Crippen molar-refractivity contribution < 1.29 is 42.1 Å². The summed E-state index contributed by atoms with van der Waals surface area (Å²) in [6.45, 7) is 1.87. The molecule has 2 N–H and O–H groups in total. The lowest BCUT2D eigenvalue weighted by atomic mass is 9.95. The van der Waals surface area contributed by atoms with E-state index in [1.54, 1.807) is 0 Å². The first-order valence-corrected chi connectivity index (χ1v) is 8.26. The van der Waals surface area contributed by atoms with E-state index in [1.807, 2.05) is 0 Å². The van der Waals surface area contributed by atoms with Gasteiger partial charge in [-0.1, -0.05) is 0 Å². The molecule has 2 rings (SSSR count). The number of halogens is 2. The van der Waals surface area contributed by atoms with Gasteiger partial charge in [-0.3, -0.25) is 19.0 Å². The molecule has 1 saturated heterocycles. The summed E-state index contributed by atoms with van der Waals surface area (Å²) in [5.74, 6) is -2.97. The van der Waals surface area contributed by atoms with Crippen LogP contribution in [0.15, 0.2) is 17.1 Å². The number of alkyl halides is 2. The number of anilines is 1. The topological polar surface area (TPSA) is 149 Å². The second kappa shape index (κ2) is 8.51. The predicted molar refractivity (Wildman–Crippen MR) is 89.5 cm³/mol. The minimum atomic E-state index is -3.37. The van der Waals surface area contributed by atoms with Crippen LogP contribution in [0.25, 0.3) is 0 Å². The van der Waals surface area contributed by atoms with Crippen molar-refractivity contribution in [3.05, 3.63) is 22.7 Å². The summed E-state index contributed by atoms with van der Waals surface area (Å²) in [4.78, 5) is 50.0. The maximum atomic E-state index is 14.1. The third-order valence-electron chi connectivity index (χ3n) is 3.99. The third kappa shape index (κ3) is 4.67. The van der Waals surface area contributed by atoms with Gasteiger partial charge in [0, 0.05) is 27.0 Å². The molecule has 1 aromatic heterocycles.